The molecule has 0 saturated carbocycles. The Balaban J connectivity index is 1.76. The average Bonchev–Trinajstić information content (AvgIpc) is 2.29. The van der Waals surface area contributed by atoms with E-state index in [4.69, 9.17) is 4.74 Å². The van der Waals surface area contributed by atoms with E-state index in [1.54, 1.807) is 12.4 Å². The first-order valence-electron chi connectivity index (χ1n) is 5.17. The van der Waals surface area contributed by atoms with Crippen molar-refractivity contribution in [1.82, 2.24) is 4.98 Å². The molecule has 76 valence electrons. The second kappa shape index (κ2) is 4.96. The Hall–Kier alpha value is -1.09. The van der Waals surface area contributed by atoms with Crippen molar-refractivity contribution in [2.45, 2.75) is 12.8 Å². The molecule has 1 aromatic heterocycles. The number of nitrogens with one attached hydrogen (secondary N) is 1. The van der Waals surface area contributed by atoms with Gasteiger partial charge in [-0.25, -0.2) is 0 Å². The van der Waals surface area contributed by atoms with Crippen molar-refractivity contribution in [3.8, 4) is 0 Å². The molecule has 0 aliphatic carbocycles. The molecule has 0 radical (unpaired) electrons. The van der Waals surface area contributed by atoms with E-state index in [1.165, 1.54) is 12.8 Å². The number of hydrogen-bond donors (Lipinski definition) is 1. The molecular formula is C11H16N2O. The second-order valence-electron chi connectivity index (χ2n) is 3.70. The van der Waals surface area contributed by atoms with Gasteiger partial charge in [0.15, 0.2) is 0 Å². The van der Waals surface area contributed by atoms with E-state index in [1.807, 2.05) is 12.1 Å². The topological polar surface area (TPSA) is 34.1 Å². The fraction of sp³-hybridized carbons (Fsp3) is 0.545. The van der Waals surface area contributed by atoms with Crippen LogP contribution in [0.3, 0.4) is 0 Å². The molecule has 3 nitrogen and oxygen atoms in total. The lowest BCUT2D eigenvalue weighted by Crippen LogP contribution is -2.24. The third-order valence-corrected chi connectivity index (χ3v) is 2.53. The van der Waals surface area contributed by atoms with Crippen LogP contribution in [-0.2, 0) is 4.74 Å². The first kappa shape index (κ1) is 9.46. The lowest BCUT2D eigenvalue weighted by atomic mass is 10.0. The summed E-state index contributed by atoms with van der Waals surface area (Å²) in [7, 11) is 0. The molecule has 1 aliphatic heterocycles. The molecule has 0 amide bonds. The van der Waals surface area contributed by atoms with Crippen molar-refractivity contribution in [3.05, 3.63) is 24.5 Å². The van der Waals surface area contributed by atoms with Crippen LogP contribution in [0, 0.1) is 5.92 Å². The summed E-state index contributed by atoms with van der Waals surface area (Å²) in [5, 5.41) is 3.39. The van der Waals surface area contributed by atoms with Crippen LogP contribution in [0.2, 0.25) is 0 Å². The highest BCUT2D eigenvalue weighted by atomic mass is 16.5. The van der Waals surface area contributed by atoms with E-state index in [0.29, 0.717) is 5.92 Å². The smallest absolute Gasteiger partial charge is 0.0511 e. The Morgan fingerprint density at radius 2 is 2.29 bits per heavy atom. The van der Waals surface area contributed by atoms with Gasteiger partial charge in [0.1, 0.15) is 0 Å². The first-order valence-corrected chi connectivity index (χ1v) is 5.17. The molecule has 1 N–H and O–H groups in total. The molecule has 1 aromatic rings. The van der Waals surface area contributed by atoms with Crippen LogP contribution in [0.4, 0.5) is 5.69 Å². The van der Waals surface area contributed by atoms with Gasteiger partial charge < -0.3 is 10.1 Å². The first-order chi connectivity index (χ1) is 6.95. The van der Waals surface area contributed by atoms with Crippen LogP contribution in [0.25, 0.3) is 0 Å². The maximum atomic E-state index is 5.42. The minimum atomic E-state index is 0.664. The molecule has 2 rings (SSSR count). The Bertz CT molecular complexity index is 257. The Morgan fingerprint density at radius 3 is 3.00 bits per heavy atom. The zero-order valence-corrected chi connectivity index (χ0v) is 8.28. The Kier molecular flexibility index (Phi) is 3.35. The van der Waals surface area contributed by atoms with E-state index in [2.05, 4.69) is 10.3 Å². The molecule has 0 spiro atoms. The van der Waals surface area contributed by atoms with Gasteiger partial charge in [-0.2, -0.15) is 0 Å². The van der Waals surface area contributed by atoms with Gasteiger partial charge in [-0.05, 0) is 30.9 Å². The van der Waals surface area contributed by atoms with Crippen LogP contribution in [0.15, 0.2) is 24.5 Å². The summed E-state index contributed by atoms with van der Waals surface area (Å²) >= 11 is 0. The van der Waals surface area contributed by atoms with Crippen LogP contribution in [0.5, 0.6) is 0 Å². The zero-order chi connectivity index (χ0) is 9.64. The van der Waals surface area contributed by atoms with Crippen molar-refractivity contribution in [3.63, 3.8) is 0 Å². The van der Waals surface area contributed by atoms with Gasteiger partial charge in [-0.1, -0.05) is 0 Å². The summed E-state index contributed by atoms with van der Waals surface area (Å²) in [5.41, 5.74) is 1.14. The van der Waals surface area contributed by atoms with Crippen molar-refractivity contribution < 1.29 is 4.74 Å². The van der Waals surface area contributed by atoms with Gasteiger partial charge in [-0.15, -0.1) is 0 Å². The summed E-state index contributed by atoms with van der Waals surface area (Å²) in [5.74, 6) is 0.664. The van der Waals surface area contributed by atoms with Crippen molar-refractivity contribution >= 4 is 5.69 Å². The number of nitrogens with zero attached hydrogens (tertiary/aromatic N) is 1. The molecule has 0 bridgehead atoms. The molecule has 0 aromatic carbocycles. The number of rotatable bonds is 3. The number of anilines is 1. The highest BCUT2D eigenvalue weighted by molar-refractivity contribution is 5.40. The van der Waals surface area contributed by atoms with Gasteiger partial charge in [-0.3, -0.25) is 4.98 Å². The SMILES string of the molecule is c1cc(NCC2CCCOC2)ccn1. The largest absolute Gasteiger partial charge is 0.385 e. The molecule has 1 unspecified atom stereocenters. The van der Waals surface area contributed by atoms with Gasteiger partial charge in [0, 0.05) is 31.2 Å². The summed E-state index contributed by atoms with van der Waals surface area (Å²) in [4.78, 5) is 3.98. The normalized spacial score (nSPS) is 21.9. The molecule has 14 heavy (non-hydrogen) atoms. The fourth-order valence-electron chi connectivity index (χ4n) is 1.70. The van der Waals surface area contributed by atoms with E-state index in [-0.39, 0.29) is 0 Å². The lowest BCUT2D eigenvalue weighted by Gasteiger charge is -2.22. The number of aromatic nitrogens is 1. The van der Waals surface area contributed by atoms with Crippen LogP contribution in [0.1, 0.15) is 12.8 Å². The van der Waals surface area contributed by atoms with E-state index < -0.39 is 0 Å². The minimum Gasteiger partial charge on any atom is -0.385 e. The molecule has 3 heteroatoms. The standard InChI is InChI=1S/C11H16N2O/c1-2-10(9-14-7-1)8-13-11-3-5-12-6-4-11/h3-6,10H,1-2,7-9H2,(H,12,13). The van der Waals surface area contributed by atoms with Crippen LogP contribution >= 0.6 is 0 Å². The van der Waals surface area contributed by atoms with Gasteiger partial charge in [0.2, 0.25) is 0 Å². The predicted molar refractivity (Wildman–Crippen MR) is 56.3 cm³/mol. The average molecular weight is 192 g/mol. The van der Waals surface area contributed by atoms with Crippen molar-refractivity contribution in [1.29, 1.82) is 0 Å². The summed E-state index contributed by atoms with van der Waals surface area (Å²) < 4.78 is 5.42. The van der Waals surface area contributed by atoms with Crippen molar-refractivity contribution in [2.24, 2.45) is 5.92 Å². The third-order valence-electron chi connectivity index (χ3n) is 2.53. The van der Waals surface area contributed by atoms with E-state index in [9.17, 15) is 0 Å². The van der Waals surface area contributed by atoms with Gasteiger partial charge >= 0.3 is 0 Å². The summed E-state index contributed by atoms with van der Waals surface area (Å²) in [6.45, 7) is 2.84. The quantitative estimate of drug-likeness (QED) is 0.794. The predicted octanol–water partition coefficient (Wildman–Crippen LogP) is 1.92. The lowest BCUT2D eigenvalue weighted by molar-refractivity contribution is 0.0595. The van der Waals surface area contributed by atoms with E-state index in [0.717, 1.165) is 25.4 Å². The monoisotopic (exact) mass is 192 g/mol. The minimum absolute atomic E-state index is 0.664. The molecule has 1 fully saturated rings. The highest BCUT2D eigenvalue weighted by Crippen LogP contribution is 2.14. The number of pyridine rings is 1. The van der Waals surface area contributed by atoms with Gasteiger partial charge in [0.25, 0.3) is 0 Å². The summed E-state index contributed by atoms with van der Waals surface area (Å²) in [6.07, 6.45) is 6.08. The molecule has 1 saturated heterocycles. The van der Waals surface area contributed by atoms with Crippen LogP contribution < -0.4 is 5.32 Å². The van der Waals surface area contributed by atoms with E-state index >= 15 is 0 Å². The van der Waals surface area contributed by atoms with Crippen LogP contribution in [-0.4, -0.2) is 24.7 Å². The van der Waals surface area contributed by atoms with Crippen molar-refractivity contribution in [2.75, 3.05) is 25.1 Å². The maximum absolute atomic E-state index is 5.42. The molecule has 2 heterocycles. The molecule has 1 aliphatic rings. The van der Waals surface area contributed by atoms with Gasteiger partial charge in [0.05, 0.1) is 6.61 Å². The maximum Gasteiger partial charge on any atom is 0.0511 e. The third kappa shape index (κ3) is 2.70. The second-order valence-corrected chi connectivity index (χ2v) is 3.70. The fourth-order valence-corrected chi connectivity index (χ4v) is 1.70. The highest BCUT2D eigenvalue weighted by Gasteiger charge is 2.12. The zero-order valence-electron chi connectivity index (χ0n) is 8.28. The number of ether oxygens (including phenoxy) is 1. The Morgan fingerprint density at radius 1 is 1.43 bits per heavy atom. The Labute approximate surface area is 84.5 Å². The molecular weight excluding hydrogens is 176 g/mol. The number of hydrogen-bond acceptors (Lipinski definition) is 3. The molecule has 1 atom stereocenters. The summed E-state index contributed by atoms with van der Waals surface area (Å²) in [6, 6.07) is 3.98.